The van der Waals surface area contributed by atoms with Crippen molar-refractivity contribution in [2.24, 2.45) is 0 Å². The maximum absolute atomic E-state index is 4.94. The molecule has 0 N–H and O–H groups in total. The van der Waals surface area contributed by atoms with Gasteiger partial charge in [-0.3, -0.25) is 19.9 Å². The van der Waals surface area contributed by atoms with Crippen molar-refractivity contribution >= 4 is 0 Å². The largest absolute Gasteiger partial charge is 0.256 e. The number of aromatic nitrogens is 6. The van der Waals surface area contributed by atoms with Gasteiger partial charge in [-0.25, -0.2) is 9.97 Å². The van der Waals surface area contributed by atoms with Gasteiger partial charge in [0.05, 0.1) is 34.2 Å². The lowest BCUT2D eigenvalue weighted by atomic mass is 9.86. The van der Waals surface area contributed by atoms with Crippen LogP contribution in [-0.4, -0.2) is 29.9 Å². The Balaban J connectivity index is 0.640. The molecule has 0 spiro atoms. The second-order valence-corrected chi connectivity index (χ2v) is 34.6. The van der Waals surface area contributed by atoms with Gasteiger partial charge in [-0.1, -0.05) is 345 Å². The molecule has 0 aliphatic carbocycles. The molecule has 6 nitrogen and oxygen atoms in total. The average molecular weight is 1680 g/mol. The van der Waals surface area contributed by atoms with Gasteiger partial charge in [0.2, 0.25) is 0 Å². The lowest BCUT2D eigenvalue weighted by molar-refractivity contribution is 0.904. The van der Waals surface area contributed by atoms with Crippen LogP contribution < -0.4 is 0 Å². The zero-order valence-corrected chi connectivity index (χ0v) is 75.3. The van der Waals surface area contributed by atoms with Gasteiger partial charge in [-0.05, 0) is 298 Å². The monoisotopic (exact) mass is 1680 g/mol. The second kappa shape index (κ2) is 38.1. The Labute approximate surface area is 766 Å². The fraction of sp³-hybridized carbons (Fsp3) is 0.129. The number of benzene rings is 14. The molecule has 0 aliphatic rings. The molecule has 14 aromatic carbocycles. The highest BCUT2D eigenvalue weighted by molar-refractivity contribution is 5.98. The lowest BCUT2D eigenvalue weighted by Gasteiger charge is -2.18. The molecule has 0 saturated carbocycles. The van der Waals surface area contributed by atoms with E-state index in [0.717, 1.165) is 252 Å². The van der Waals surface area contributed by atoms with E-state index in [9.17, 15) is 0 Å². The first-order valence-corrected chi connectivity index (χ1v) is 46.0. The molecule has 0 bridgehead atoms. The van der Waals surface area contributed by atoms with Crippen LogP contribution in [0.4, 0.5) is 0 Å². The first-order chi connectivity index (χ1) is 63.9. The van der Waals surface area contributed by atoms with E-state index in [4.69, 9.17) is 29.9 Å². The van der Waals surface area contributed by atoms with Crippen LogP contribution in [0, 0.1) is 27.7 Å². The molecular formula is C124H104N6. The number of rotatable bonds is 26. The molecule has 0 unspecified atom stereocenters. The number of hydrogen-bond acceptors (Lipinski definition) is 6. The molecule has 5 aromatic heterocycles. The Morgan fingerprint density at radius 1 is 0.154 bits per heavy atom. The number of aryl methyl sites for hydroxylation is 8. The van der Waals surface area contributed by atoms with Gasteiger partial charge in [0.25, 0.3) is 0 Å². The summed E-state index contributed by atoms with van der Waals surface area (Å²) in [6.45, 7) is 17.7. The molecule has 0 aliphatic heterocycles. The minimum Gasteiger partial charge on any atom is -0.256 e. The zero-order chi connectivity index (χ0) is 88.6. The number of pyridine rings is 4. The summed E-state index contributed by atoms with van der Waals surface area (Å²) >= 11 is 0. The van der Waals surface area contributed by atoms with Gasteiger partial charge in [-0.2, -0.15) is 0 Å². The summed E-state index contributed by atoms with van der Waals surface area (Å²) in [4.78, 5) is 29.6. The van der Waals surface area contributed by atoms with Gasteiger partial charge < -0.3 is 0 Å². The van der Waals surface area contributed by atoms with Crippen molar-refractivity contribution in [1.82, 2.24) is 29.9 Å². The minimum atomic E-state index is 0.840. The van der Waals surface area contributed by atoms with Gasteiger partial charge in [0, 0.05) is 58.2 Å². The van der Waals surface area contributed by atoms with Crippen molar-refractivity contribution < 1.29 is 0 Å². The second-order valence-electron chi connectivity index (χ2n) is 34.6. The average Bonchev–Trinajstić information content (AvgIpc) is 0.768. The molecule has 0 fully saturated rings. The summed E-state index contributed by atoms with van der Waals surface area (Å²) < 4.78 is 0. The van der Waals surface area contributed by atoms with Crippen LogP contribution in [0.1, 0.15) is 97.9 Å². The van der Waals surface area contributed by atoms with E-state index in [-0.39, 0.29) is 0 Å². The Kier molecular flexibility index (Phi) is 24.7. The van der Waals surface area contributed by atoms with Crippen LogP contribution >= 0.6 is 0 Å². The third-order valence-electron chi connectivity index (χ3n) is 25.9. The fourth-order valence-corrected chi connectivity index (χ4v) is 18.8. The van der Waals surface area contributed by atoms with Crippen molar-refractivity contribution in [3.8, 4) is 201 Å². The van der Waals surface area contributed by atoms with Crippen molar-refractivity contribution in [2.75, 3.05) is 0 Å². The summed E-state index contributed by atoms with van der Waals surface area (Å²) in [7, 11) is 0. The highest BCUT2D eigenvalue weighted by atomic mass is 14.8. The molecule has 19 aromatic rings. The van der Waals surface area contributed by atoms with E-state index in [0.29, 0.717) is 0 Å². The molecule has 630 valence electrons. The van der Waals surface area contributed by atoms with Gasteiger partial charge >= 0.3 is 0 Å². The normalized spacial score (nSPS) is 11.3. The van der Waals surface area contributed by atoms with E-state index in [1.807, 2.05) is 0 Å². The van der Waals surface area contributed by atoms with Crippen LogP contribution in [0.5, 0.6) is 0 Å². The van der Waals surface area contributed by atoms with E-state index in [1.165, 1.54) is 44.5 Å². The minimum absolute atomic E-state index is 0.840. The number of hydrogen-bond donors (Lipinski definition) is 0. The van der Waals surface area contributed by atoms with E-state index in [2.05, 4.69) is 438 Å². The van der Waals surface area contributed by atoms with E-state index >= 15 is 0 Å². The molecular weight excluding hydrogens is 1570 g/mol. The third-order valence-corrected chi connectivity index (χ3v) is 25.9. The van der Waals surface area contributed by atoms with Crippen LogP contribution in [0.2, 0.25) is 0 Å². The molecule has 6 heteroatoms. The SMILES string of the molecule is CCCc1cnc(-c2ccc(-c3ccccc3-c3cc(-c4ccccc4-c4ccc(-c5cc(-c6ccc(-c7ccccc7-c7cc(-c8ccccc8-c8ccc(-c9cc(C)c(CCC)cn9)cc8)cc(-c8ccccc8-c8ccc(-c9cc(C)c(CCC)cn9)cc8)c7)cc6)ncn5)cc4)cc(-c4ccccc4-c4ccc(-c5cc(C)c(CCC)cn5)cc4)c3)cc2)cc1C. The van der Waals surface area contributed by atoms with Crippen LogP contribution in [0.25, 0.3) is 201 Å². The van der Waals surface area contributed by atoms with Gasteiger partial charge in [0.1, 0.15) is 6.33 Å². The molecule has 19 rings (SSSR count). The van der Waals surface area contributed by atoms with Crippen LogP contribution in [0.15, 0.2) is 389 Å². The zero-order valence-electron chi connectivity index (χ0n) is 75.3. The lowest BCUT2D eigenvalue weighted by Crippen LogP contribution is -1.94. The first-order valence-electron chi connectivity index (χ1n) is 46.0. The number of nitrogens with zero attached hydrogens (tertiary/aromatic N) is 6. The summed E-state index contributed by atoms with van der Waals surface area (Å²) in [5, 5.41) is 0. The van der Waals surface area contributed by atoms with Crippen molar-refractivity contribution in [3.63, 3.8) is 0 Å². The molecule has 0 amide bonds. The third kappa shape index (κ3) is 17.9. The Hall–Kier alpha value is -15.2. The Morgan fingerprint density at radius 2 is 0.300 bits per heavy atom. The fourth-order valence-electron chi connectivity index (χ4n) is 18.8. The van der Waals surface area contributed by atoms with E-state index in [1.54, 1.807) is 6.33 Å². The van der Waals surface area contributed by atoms with E-state index < -0.39 is 0 Å². The smallest absolute Gasteiger partial charge is 0.116 e. The van der Waals surface area contributed by atoms with Crippen molar-refractivity contribution in [3.05, 3.63) is 434 Å². The Morgan fingerprint density at radius 3 is 0.454 bits per heavy atom. The molecule has 0 saturated heterocycles. The van der Waals surface area contributed by atoms with Crippen LogP contribution in [0.3, 0.4) is 0 Å². The van der Waals surface area contributed by atoms with Gasteiger partial charge in [-0.15, -0.1) is 0 Å². The molecule has 5 heterocycles. The standard InChI is InChI=1S/C124H104N6/c1-9-25-97-76-125-119(65-81(97)5)91-53-41-85(42-54-91)107-29-13-19-35-113(107)101-69-102(114-36-20-14-30-108(114)86-43-55-92(56-44-86)120-66-82(6)98(26-10-2)77-126-120)72-105(71-101)117-39-23-17-33-111(117)89-49-61-95(62-50-89)123-75-124(130-80-129-123)96-63-51-90(52-64-96)112-34-18-24-40-118(112)106-73-103(115-37-21-15-31-109(115)87-45-57-93(58-46-87)121-67-83(7)99(27-11-3)78-127-121)70-104(74-106)116-38-22-16-32-110(116)88-47-59-94(60-48-88)122-68-84(8)100(28-12-4)79-128-122/h13-24,29-80H,9-12,25-28H2,1-8H3. The predicted molar refractivity (Wildman–Crippen MR) is 546 cm³/mol. The predicted octanol–water partition coefficient (Wildman–Crippen LogP) is 33.1. The highest BCUT2D eigenvalue weighted by Crippen LogP contribution is 2.47. The summed E-state index contributed by atoms with van der Waals surface area (Å²) in [5.74, 6) is 0. The van der Waals surface area contributed by atoms with Crippen LogP contribution in [-0.2, 0) is 25.7 Å². The molecule has 0 atom stereocenters. The maximum Gasteiger partial charge on any atom is 0.116 e. The summed E-state index contributed by atoms with van der Waals surface area (Å²) in [5.41, 5.74) is 49.6. The van der Waals surface area contributed by atoms with Crippen molar-refractivity contribution in [2.45, 2.75) is 107 Å². The molecule has 0 radical (unpaired) electrons. The highest BCUT2D eigenvalue weighted by Gasteiger charge is 2.22. The van der Waals surface area contributed by atoms with Crippen molar-refractivity contribution in [1.29, 1.82) is 0 Å². The first kappa shape index (κ1) is 84.3. The summed E-state index contributed by atoms with van der Waals surface area (Å²) in [6, 6.07) is 132. The Bertz CT molecular complexity index is 6570. The molecule has 130 heavy (non-hydrogen) atoms. The topological polar surface area (TPSA) is 77.3 Å². The van der Waals surface area contributed by atoms with Gasteiger partial charge in [0.15, 0.2) is 0 Å². The quantitative estimate of drug-likeness (QED) is 0.0538. The maximum atomic E-state index is 4.94. The summed E-state index contributed by atoms with van der Waals surface area (Å²) in [6.07, 6.45) is 18.4.